The van der Waals surface area contributed by atoms with Gasteiger partial charge in [-0.1, -0.05) is 29.7 Å². The molecule has 0 aliphatic heterocycles. The summed E-state index contributed by atoms with van der Waals surface area (Å²) in [6.45, 7) is 7.41. The largest absolute Gasteiger partial charge is 0.409 e. The van der Waals surface area contributed by atoms with E-state index in [1.54, 1.807) is 0 Å². The quantitative estimate of drug-likeness (QED) is 0.126. The molecular weight excluding hydrogens is 547 g/mol. The van der Waals surface area contributed by atoms with Crippen LogP contribution in [0, 0.1) is 57.7 Å². The molecule has 5 rings (SSSR count). The van der Waals surface area contributed by atoms with Gasteiger partial charge in [0, 0.05) is 10.6 Å². The Kier molecular flexibility index (Phi) is 7.47. The molecule has 0 bridgehead atoms. The standard InChI is InChI=1S/C29H37F5N2O3Si/c1-28-12-11-16(35-37-3)13-15(28)7-8-17-18-9-10-20(36-38-4)29(18,2)14-19(21(17)28)39-40(5,6)27-25(33)23(31)22(30)24(32)26(27)34/h13,17-19,21H,7-12,14H2,1-6H3/b35-16+,36-20+/t17-,18-,19-,21+,28-,29-/m0/s1. The predicted octanol–water partition coefficient (Wildman–Crippen LogP) is 6.76. The van der Waals surface area contributed by atoms with Crippen molar-refractivity contribution in [3.05, 3.63) is 40.7 Å². The van der Waals surface area contributed by atoms with E-state index >= 15 is 8.78 Å². The van der Waals surface area contributed by atoms with Crippen LogP contribution in [0.15, 0.2) is 22.0 Å². The van der Waals surface area contributed by atoms with E-state index in [0.29, 0.717) is 18.8 Å². The minimum Gasteiger partial charge on any atom is -0.409 e. The van der Waals surface area contributed by atoms with Gasteiger partial charge in [0.1, 0.15) is 14.2 Å². The zero-order valence-electron chi connectivity index (χ0n) is 23.8. The summed E-state index contributed by atoms with van der Waals surface area (Å²) in [4.78, 5) is 10.2. The van der Waals surface area contributed by atoms with E-state index in [1.165, 1.54) is 32.9 Å². The first-order valence-electron chi connectivity index (χ1n) is 13.9. The lowest BCUT2D eigenvalue weighted by atomic mass is 9.46. The fourth-order valence-electron chi connectivity index (χ4n) is 8.58. The van der Waals surface area contributed by atoms with E-state index in [1.807, 2.05) is 0 Å². The highest BCUT2D eigenvalue weighted by Crippen LogP contribution is 2.65. The van der Waals surface area contributed by atoms with Crippen LogP contribution >= 0.6 is 0 Å². The fraction of sp³-hybridized carbons (Fsp3) is 0.655. The van der Waals surface area contributed by atoms with Gasteiger partial charge < -0.3 is 14.1 Å². The number of oxime groups is 2. The summed E-state index contributed by atoms with van der Waals surface area (Å²) in [6, 6.07) is 0. The zero-order valence-corrected chi connectivity index (χ0v) is 24.8. The van der Waals surface area contributed by atoms with Crippen molar-refractivity contribution in [2.45, 2.75) is 78.0 Å². The molecule has 0 heterocycles. The molecule has 3 saturated carbocycles. The number of allylic oxidation sites excluding steroid dienone is 2. The molecule has 6 atom stereocenters. The van der Waals surface area contributed by atoms with Crippen LogP contribution in [0.25, 0.3) is 0 Å². The van der Waals surface area contributed by atoms with Gasteiger partial charge in [-0.25, -0.2) is 22.0 Å². The topological polar surface area (TPSA) is 52.4 Å². The average Bonchev–Trinajstić information content (AvgIpc) is 3.22. The Balaban J connectivity index is 1.62. The predicted molar refractivity (Wildman–Crippen MR) is 144 cm³/mol. The molecule has 4 aliphatic carbocycles. The normalized spacial score (nSPS) is 35.7. The Labute approximate surface area is 232 Å². The van der Waals surface area contributed by atoms with E-state index in [9.17, 15) is 13.2 Å². The van der Waals surface area contributed by atoms with Gasteiger partial charge in [0.15, 0.2) is 23.3 Å². The van der Waals surface area contributed by atoms with Crippen molar-refractivity contribution in [2.75, 3.05) is 14.2 Å². The first-order valence-corrected chi connectivity index (χ1v) is 16.8. The lowest BCUT2D eigenvalue weighted by molar-refractivity contribution is -0.0950. The maximum Gasteiger partial charge on any atom is 0.225 e. The van der Waals surface area contributed by atoms with Gasteiger partial charge in [0.2, 0.25) is 14.1 Å². The first kappa shape index (κ1) is 29.2. The van der Waals surface area contributed by atoms with E-state index in [4.69, 9.17) is 14.1 Å². The molecule has 40 heavy (non-hydrogen) atoms. The summed E-state index contributed by atoms with van der Waals surface area (Å²) in [7, 11) is -0.645. The van der Waals surface area contributed by atoms with Crippen molar-refractivity contribution >= 4 is 24.9 Å². The summed E-state index contributed by atoms with van der Waals surface area (Å²) in [5, 5.41) is 7.71. The van der Waals surface area contributed by atoms with Crippen molar-refractivity contribution in [1.29, 1.82) is 0 Å². The third-order valence-electron chi connectivity index (χ3n) is 10.3. The molecule has 1 aromatic carbocycles. The minimum atomic E-state index is -3.68. The Morgan fingerprint density at radius 3 is 2.08 bits per heavy atom. The SMILES string of the molecule is CO/N=C1/C=C2CC[C@@H]3[C@H]([C@@H](O[Si](C)(C)c4c(F)c(F)c(F)c(F)c4F)C[C@]4(C)/C(=N/OC)CC[C@@H]34)[C@@]2(C)CC1. The fourth-order valence-corrected chi connectivity index (χ4v) is 11.0. The summed E-state index contributed by atoms with van der Waals surface area (Å²) in [6.07, 6.45) is 7.17. The van der Waals surface area contributed by atoms with Crippen LogP contribution in [0.4, 0.5) is 22.0 Å². The Hall–Kier alpha value is -2.27. The highest BCUT2D eigenvalue weighted by atomic mass is 28.4. The smallest absolute Gasteiger partial charge is 0.225 e. The van der Waals surface area contributed by atoms with Crippen molar-refractivity contribution in [3.63, 3.8) is 0 Å². The Morgan fingerprint density at radius 2 is 1.45 bits per heavy atom. The number of hydrogen-bond acceptors (Lipinski definition) is 5. The number of nitrogens with zero attached hydrogens (tertiary/aromatic N) is 2. The molecule has 0 unspecified atom stereocenters. The lowest BCUT2D eigenvalue weighted by Crippen LogP contribution is -2.61. The summed E-state index contributed by atoms with van der Waals surface area (Å²) < 4.78 is 79.3. The third kappa shape index (κ3) is 4.33. The molecule has 4 aliphatic rings. The summed E-state index contributed by atoms with van der Waals surface area (Å²) >= 11 is 0. The Bertz CT molecular complexity index is 1270. The number of benzene rings is 1. The van der Waals surface area contributed by atoms with Gasteiger partial charge in [-0.2, -0.15) is 0 Å². The second kappa shape index (κ2) is 10.2. The number of hydrogen-bond donors (Lipinski definition) is 0. The molecule has 0 N–H and O–H groups in total. The molecule has 0 amide bonds. The van der Waals surface area contributed by atoms with Crippen LogP contribution in [0.5, 0.6) is 0 Å². The maximum absolute atomic E-state index is 15.1. The van der Waals surface area contributed by atoms with Crippen LogP contribution in [-0.4, -0.2) is 40.1 Å². The highest BCUT2D eigenvalue weighted by Gasteiger charge is 2.62. The summed E-state index contributed by atoms with van der Waals surface area (Å²) in [5.41, 5.74) is 2.42. The van der Waals surface area contributed by atoms with Gasteiger partial charge >= 0.3 is 0 Å². The van der Waals surface area contributed by atoms with Crippen LogP contribution in [0.1, 0.15) is 58.8 Å². The average molecular weight is 585 g/mol. The number of halogens is 5. The van der Waals surface area contributed by atoms with Gasteiger partial charge in [-0.05, 0) is 87.3 Å². The molecule has 1 aromatic rings. The van der Waals surface area contributed by atoms with Gasteiger partial charge in [-0.15, -0.1) is 0 Å². The molecule has 220 valence electrons. The van der Waals surface area contributed by atoms with Gasteiger partial charge in [0.05, 0.1) is 17.5 Å². The monoisotopic (exact) mass is 584 g/mol. The molecular formula is C29H37F5N2O3Si. The zero-order chi connectivity index (χ0) is 29.2. The molecule has 0 aromatic heterocycles. The second-order valence-corrected chi connectivity index (χ2v) is 16.4. The lowest BCUT2D eigenvalue weighted by Gasteiger charge is -2.60. The molecule has 3 fully saturated rings. The van der Waals surface area contributed by atoms with Crippen LogP contribution in [0.3, 0.4) is 0 Å². The van der Waals surface area contributed by atoms with Crippen molar-refractivity contribution in [2.24, 2.45) is 38.9 Å². The first-order chi connectivity index (χ1) is 18.8. The van der Waals surface area contributed by atoms with Crippen LogP contribution in [0.2, 0.25) is 13.1 Å². The molecule has 0 radical (unpaired) electrons. The molecule has 0 spiro atoms. The van der Waals surface area contributed by atoms with E-state index in [0.717, 1.165) is 43.5 Å². The van der Waals surface area contributed by atoms with Crippen molar-refractivity contribution in [3.8, 4) is 0 Å². The molecule has 0 saturated heterocycles. The van der Waals surface area contributed by atoms with Crippen LogP contribution < -0.4 is 5.19 Å². The van der Waals surface area contributed by atoms with Crippen molar-refractivity contribution < 1.29 is 36.1 Å². The third-order valence-corrected chi connectivity index (χ3v) is 12.8. The minimum absolute atomic E-state index is 0.00963. The second-order valence-electron chi connectivity index (χ2n) is 12.7. The van der Waals surface area contributed by atoms with E-state index in [2.05, 4.69) is 30.2 Å². The number of fused-ring (bicyclic) bond motifs is 5. The van der Waals surface area contributed by atoms with E-state index in [-0.39, 0.29) is 22.7 Å². The van der Waals surface area contributed by atoms with E-state index < -0.39 is 48.7 Å². The highest BCUT2D eigenvalue weighted by molar-refractivity contribution is 6.84. The number of rotatable bonds is 5. The van der Waals surface area contributed by atoms with Gasteiger partial charge in [0.25, 0.3) is 0 Å². The molecule has 5 nitrogen and oxygen atoms in total. The summed E-state index contributed by atoms with van der Waals surface area (Å²) in [5.74, 6) is -9.11. The maximum atomic E-state index is 15.1. The van der Waals surface area contributed by atoms with Crippen molar-refractivity contribution in [1.82, 2.24) is 0 Å². The molecule has 11 heteroatoms. The van der Waals surface area contributed by atoms with Crippen LogP contribution in [-0.2, 0) is 14.1 Å². The van der Waals surface area contributed by atoms with Gasteiger partial charge in [-0.3, -0.25) is 0 Å². The Morgan fingerprint density at radius 1 is 0.825 bits per heavy atom.